The third-order valence-electron chi connectivity index (χ3n) is 7.63. The molecule has 0 unspecified atom stereocenters. The fourth-order valence-corrected chi connectivity index (χ4v) is 5.38. The van der Waals surface area contributed by atoms with Crippen LogP contribution in [0, 0.1) is 0 Å². The van der Waals surface area contributed by atoms with Crippen LogP contribution in [0.25, 0.3) is 0 Å². The summed E-state index contributed by atoms with van der Waals surface area (Å²) >= 11 is 0. The minimum Gasteiger partial charge on any atom is -0.454 e. The molecule has 2 atom stereocenters. The summed E-state index contributed by atoms with van der Waals surface area (Å²) in [5, 5.41) is 14.3. The van der Waals surface area contributed by atoms with Crippen LogP contribution >= 0.6 is 0 Å². The van der Waals surface area contributed by atoms with Gasteiger partial charge in [0.05, 0.1) is 6.04 Å². The van der Waals surface area contributed by atoms with E-state index in [0.717, 1.165) is 31.5 Å². The summed E-state index contributed by atoms with van der Waals surface area (Å²) in [6.45, 7) is 5.20. The number of nitrogens with one attached hydrogen (secondary N) is 1. The quantitative estimate of drug-likeness (QED) is 0.211. The highest BCUT2D eigenvalue weighted by molar-refractivity contribution is 5.76. The normalized spacial score (nSPS) is 16.8. The Morgan fingerprint density at radius 2 is 1.47 bits per heavy atom. The maximum atomic E-state index is 12.8. The van der Waals surface area contributed by atoms with Gasteiger partial charge in [-0.1, -0.05) is 90.0 Å². The Labute approximate surface area is 219 Å². The summed E-state index contributed by atoms with van der Waals surface area (Å²) in [6.07, 6.45) is 19.0. The van der Waals surface area contributed by atoms with Crippen molar-refractivity contribution in [3.8, 4) is 11.5 Å². The van der Waals surface area contributed by atoms with E-state index < -0.39 is 6.10 Å². The average Bonchev–Trinajstić information content (AvgIpc) is 3.57. The van der Waals surface area contributed by atoms with Crippen molar-refractivity contribution in [1.29, 1.82) is 0 Å². The van der Waals surface area contributed by atoms with E-state index in [4.69, 9.17) is 9.47 Å². The number of unbranched alkanes of at least 4 members (excludes halogenated alkanes) is 12. The predicted molar refractivity (Wildman–Crippen MR) is 145 cm³/mol. The number of benzene rings is 1. The number of fused-ring (bicyclic) bond motifs is 1. The van der Waals surface area contributed by atoms with E-state index >= 15 is 0 Å². The molecule has 0 saturated carbocycles. The van der Waals surface area contributed by atoms with Gasteiger partial charge in [-0.3, -0.25) is 4.79 Å². The summed E-state index contributed by atoms with van der Waals surface area (Å²) in [6, 6.07) is 5.21. The molecule has 1 fully saturated rings. The predicted octanol–water partition coefficient (Wildman–Crippen LogP) is 6.51. The lowest BCUT2D eigenvalue weighted by Crippen LogP contribution is -2.46. The Morgan fingerprint density at radius 1 is 0.889 bits per heavy atom. The van der Waals surface area contributed by atoms with Crippen molar-refractivity contribution in [2.75, 3.05) is 26.4 Å². The second kappa shape index (κ2) is 16.9. The molecular weight excluding hydrogens is 452 g/mol. The first-order chi connectivity index (χ1) is 17.7. The first kappa shape index (κ1) is 28.8. The molecule has 36 heavy (non-hydrogen) atoms. The molecule has 0 aliphatic carbocycles. The third-order valence-corrected chi connectivity index (χ3v) is 7.63. The maximum absolute atomic E-state index is 12.8. The third kappa shape index (κ3) is 10.3. The number of carbonyl (C=O) groups is 1. The highest BCUT2D eigenvalue weighted by atomic mass is 16.7. The fraction of sp³-hybridized carbons (Fsp3) is 0.767. The molecule has 6 heteroatoms. The van der Waals surface area contributed by atoms with Crippen LogP contribution in [0.15, 0.2) is 18.2 Å². The molecule has 1 aromatic carbocycles. The molecule has 3 rings (SSSR count). The van der Waals surface area contributed by atoms with Gasteiger partial charge in [-0.25, -0.2) is 0 Å². The molecule has 6 nitrogen and oxygen atoms in total. The van der Waals surface area contributed by atoms with Gasteiger partial charge in [-0.05, 0) is 50.0 Å². The minimum absolute atomic E-state index is 0.0436. The smallest absolute Gasteiger partial charge is 0.231 e. The summed E-state index contributed by atoms with van der Waals surface area (Å²) < 4.78 is 10.9. The number of aliphatic hydroxyl groups excluding tert-OH is 1. The van der Waals surface area contributed by atoms with Gasteiger partial charge in [0, 0.05) is 13.0 Å². The largest absolute Gasteiger partial charge is 0.454 e. The second-order valence-electron chi connectivity index (χ2n) is 10.7. The molecule has 0 radical (unpaired) electrons. The first-order valence-electron chi connectivity index (χ1n) is 14.8. The molecule has 2 aliphatic rings. The number of nitrogens with zero attached hydrogens (tertiary/aromatic N) is 1. The number of hydrogen-bond donors (Lipinski definition) is 2. The van der Waals surface area contributed by atoms with Crippen molar-refractivity contribution in [1.82, 2.24) is 10.2 Å². The van der Waals surface area contributed by atoms with Crippen molar-refractivity contribution in [2.24, 2.45) is 0 Å². The van der Waals surface area contributed by atoms with Gasteiger partial charge in [0.15, 0.2) is 11.5 Å². The summed E-state index contributed by atoms with van der Waals surface area (Å²) in [4.78, 5) is 15.1. The van der Waals surface area contributed by atoms with Crippen LogP contribution < -0.4 is 14.8 Å². The molecule has 1 saturated heterocycles. The van der Waals surface area contributed by atoms with Gasteiger partial charge < -0.3 is 24.8 Å². The Kier molecular flexibility index (Phi) is 13.5. The number of aliphatic hydroxyl groups is 1. The Hall–Kier alpha value is -1.79. The second-order valence-corrected chi connectivity index (χ2v) is 10.7. The number of hydrogen-bond acceptors (Lipinski definition) is 5. The SMILES string of the molecule is CCCCCCCCCCCCCCCC(=O)N[C@H](CN1CCCC1)[C@@H](O)c1ccc2c(c1)OCO2. The molecule has 0 spiro atoms. The van der Waals surface area contributed by atoms with Gasteiger partial charge >= 0.3 is 0 Å². The number of amides is 1. The zero-order valence-corrected chi connectivity index (χ0v) is 22.6. The van der Waals surface area contributed by atoms with Crippen LogP contribution in [0.3, 0.4) is 0 Å². The number of carbonyl (C=O) groups excluding carboxylic acids is 1. The highest BCUT2D eigenvalue weighted by Crippen LogP contribution is 2.35. The lowest BCUT2D eigenvalue weighted by molar-refractivity contribution is -0.123. The lowest BCUT2D eigenvalue weighted by Gasteiger charge is -2.29. The van der Waals surface area contributed by atoms with Gasteiger partial charge in [-0.15, -0.1) is 0 Å². The van der Waals surface area contributed by atoms with Gasteiger partial charge in [0.2, 0.25) is 12.7 Å². The summed E-state index contributed by atoms with van der Waals surface area (Å²) in [7, 11) is 0. The van der Waals surface area contributed by atoms with Crippen molar-refractivity contribution in [3.63, 3.8) is 0 Å². The fourth-order valence-electron chi connectivity index (χ4n) is 5.38. The molecule has 1 amide bonds. The van der Waals surface area contributed by atoms with Crippen LogP contribution in [0.1, 0.15) is 121 Å². The van der Waals surface area contributed by atoms with Crippen molar-refractivity contribution < 1.29 is 19.4 Å². The van der Waals surface area contributed by atoms with E-state index in [1.807, 2.05) is 18.2 Å². The van der Waals surface area contributed by atoms with E-state index in [1.54, 1.807) is 0 Å². The summed E-state index contributed by atoms with van der Waals surface area (Å²) in [5.74, 6) is 1.40. The van der Waals surface area contributed by atoms with Crippen LogP contribution in [-0.4, -0.2) is 48.4 Å². The Morgan fingerprint density at radius 3 is 2.11 bits per heavy atom. The molecule has 0 bridgehead atoms. The number of ether oxygens (including phenoxy) is 2. The Bertz CT molecular complexity index is 750. The van der Waals surface area contributed by atoms with E-state index in [9.17, 15) is 9.90 Å². The minimum atomic E-state index is -0.782. The van der Waals surface area contributed by atoms with Gasteiger partial charge in [0.25, 0.3) is 0 Å². The van der Waals surface area contributed by atoms with Crippen molar-refractivity contribution >= 4 is 5.91 Å². The van der Waals surface area contributed by atoms with Crippen LogP contribution in [0.2, 0.25) is 0 Å². The molecule has 2 N–H and O–H groups in total. The molecule has 2 aliphatic heterocycles. The van der Waals surface area contributed by atoms with Crippen LogP contribution in [-0.2, 0) is 4.79 Å². The first-order valence-corrected chi connectivity index (χ1v) is 14.8. The topological polar surface area (TPSA) is 71.0 Å². The average molecular weight is 503 g/mol. The van der Waals surface area contributed by atoms with Crippen molar-refractivity contribution in [2.45, 2.75) is 122 Å². The number of rotatable bonds is 19. The van der Waals surface area contributed by atoms with E-state index in [2.05, 4.69) is 17.1 Å². The highest BCUT2D eigenvalue weighted by Gasteiger charge is 2.28. The standard InChI is InChI=1S/C30H50N2O4/c1-2-3-4-5-6-7-8-9-10-11-12-13-14-17-29(33)31-26(23-32-20-15-16-21-32)30(34)25-18-19-27-28(22-25)36-24-35-27/h18-19,22,26,30,34H,2-17,20-21,23-24H2,1H3,(H,31,33)/t26-,30+/m1/s1. The zero-order valence-electron chi connectivity index (χ0n) is 22.6. The molecular formula is C30H50N2O4. The van der Waals surface area contributed by atoms with E-state index in [-0.39, 0.29) is 18.7 Å². The summed E-state index contributed by atoms with van der Waals surface area (Å²) in [5.41, 5.74) is 0.754. The van der Waals surface area contributed by atoms with Gasteiger partial charge in [-0.2, -0.15) is 0 Å². The molecule has 0 aromatic heterocycles. The van der Waals surface area contributed by atoms with Gasteiger partial charge in [0.1, 0.15) is 6.10 Å². The van der Waals surface area contributed by atoms with Crippen molar-refractivity contribution in [3.05, 3.63) is 23.8 Å². The monoisotopic (exact) mass is 502 g/mol. The van der Waals surface area contributed by atoms with Crippen LogP contribution in [0.5, 0.6) is 11.5 Å². The van der Waals surface area contributed by atoms with Crippen LogP contribution in [0.4, 0.5) is 0 Å². The molecule has 204 valence electrons. The van der Waals surface area contributed by atoms with E-state index in [0.29, 0.717) is 24.5 Å². The molecule has 2 heterocycles. The zero-order chi connectivity index (χ0) is 25.4. The van der Waals surface area contributed by atoms with E-state index in [1.165, 1.54) is 83.5 Å². The lowest BCUT2D eigenvalue weighted by atomic mass is 10.0. The number of likely N-dealkylation sites (tertiary alicyclic amines) is 1. The Balaban J connectivity index is 1.32. The maximum Gasteiger partial charge on any atom is 0.231 e. The molecule has 1 aromatic rings.